The highest BCUT2D eigenvalue weighted by Gasteiger charge is 2.19. The molecule has 0 amide bonds. The lowest BCUT2D eigenvalue weighted by Gasteiger charge is -2.07. The van der Waals surface area contributed by atoms with Crippen molar-refractivity contribution in [3.05, 3.63) is 83.2 Å². The summed E-state index contributed by atoms with van der Waals surface area (Å²) in [5.74, 6) is -1.05. The van der Waals surface area contributed by atoms with Crippen LogP contribution in [0.2, 0.25) is 0 Å². The molecule has 1 N–H and O–H groups in total. The first kappa shape index (κ1) is 14.0. The molecule has 0 aliphatic heterocycles. The highest BCUT2D eigenvalue weighted by Crippen LogP contribution is 2.14. The standard InChI is InChI=1S/C17H15N3O2/c21-17(22)16-15(11-13-7-3-1-4-8-13)20(19-18-16)12-14-9-5-2-6-10-14/h1-10H,11-12H2,(H,21,22). The third kappa shape index (κ3) is 3.03. The lowest BCUT2D eigenvalue weighted by Crippen LogP contribution is -2.10. The molecule has 0 fully saturated rings. The van der Waals surface area contributed by atoms with Gasteiger partial charge in [-0.3, -0.25) is 0 Å². The first-order valence-electron chi connectivity index (χ1n) is 6.97. The normalized spacial score (nSPS) is 10.5. The van der Waals surface area contributed by atoms with Crippen molar-refractivity contribution in [1.82, 2.24) is 15.0 Å². The van der Waals surface area contributed by atoms with E-state index in [1.807, 2.05) is 60.7 Å². The molecule has 0 radical (unpaired) electrons. The number of rotatable bonds is 5. The van der Waals surface area contributed by atoms with Crippen LogP contribution in [-0.2, 0) is 13.0 Å². The van der Waals surface area contributed by atoms with Crippen LogP contribution in [0.25, 0.3) is 0 Å². The van der Waals surface area contributed by atoms with Gasteiger partial charge in [0.1, 0.15) is 0 Å². The third-order valence-electron chi connectivity index (χ3n) is 3.43. The maximum absolute atomic E-state index is 11.4. The summed E-state index contributed by atoms with van der Waals surface area (Å²) in [7, 11) is 0. The Balaban J connectivity index is 1.95. The van der Waals surface area contributed by atoms with Gasteiger partial charge in [-0.05, 0) is 11.1 Å². The molecule has 1 aromatic heterocycles. The Morgan fingerprint density at radius 1 is 0.955 bits per heavy atom. The summed E-state index contributed by atoms with van der Waals surface area (Å²) in [6.07, 6.45) is 0.488. The maximum Gasteiger partial charge on any atom is 0.358 e. The number of nitrogens with zero attached hydrogens (tertiary/aromatic N) is 3. The molecule has 22 heavy (non-hydrogen) atoms. The largest absolute Gasteiger partial charge is 0.476 e. The molecule has 0 aliphatic rings. The zero-order valence-corrected chi connectivity index (χ0v) is 11.9. The van der Waals surface area contributed by atoms with Gasteiger partial charge in [0, 0.05) is 6.42 Å². The third-order valence-corrected chi connectivity index (χ3v) is 3.43. The molecule has 0 bridgehead atoms. The predicted octanol–water partition coefficient (Wildman–Crippen LogP) is 2.62. The fourth-order valence-corrected chi connectivity index (χ4v) is 2.35. The molecular weight excluding hydrogens is 278 g/mol. The van der Waals surface area contributed by atoms with Gasteiger partial charge < -0.3 is 5.11 Å². The molecule has 3 aromatic rings. The van der Waals surface area contributed by atoms with E-state index in [0.29, 0.717) is 18.7 Å². The van der Waals surface area contributed by atoms with Gasteiger partial charge in [-0.15, -0.1) is 5.10 Å². The quantitative estimate of drug-likeness (QED) is 0.785. The number of aromatic carboxylic acids is 1. The molecule has 0 spiro atoms. The molecule has 0 aliphatic carbocycles. The molecule has 110 valence electrons. The number of benzene rings is 2. The van der Waals surface area contributed by atoms with Gasteiger partial charge in [-0.25, -0.2) is 9.48 Å². The molecule has 0 saturated carbocycles. The van der Waals surface area contributed by atoms with Crippen molar-refractivity contribution < 1.29 is 9.90 Å². The SMILES string of the molecule is O=C(O)c1nnn(Cc2ccccc2)c1Cc1ccccc1. The Kier molecular flexibility index (Phi) is 3.96. The highest BCUT2D eigenvalue weighted by molar-refractivity contribution is 5.86. The van der Waals surface area contributed by atoms with Gasteiger partial charge in [0.05, 0.1) is 12.2 Å². The van der Waals surface area contributed by atoms with E-state index < -0.39 is 5.97 Å². The Morgan fingerprint density at radius 2 is 1.55 bits per heavy atom. The van der Waals surface area contributed by atoms with Crippen molar-refractivity contribution >= 4 is 5.97 Å². The minimum absolute atomic E-state index is 0.0137. The first-order chi connectivity index (χ1) is 10.7. The Bertz CT molecular complexity index is 767. The summed E-state index contributed by atoms with van der Waals surface area (Å²) in [6.45, 7) is 0.503. The molecule has 0 unspecified atom stereocenters. The van der Waals surface area contributed by atoms with Crippen LogP contribution in [0.1, 0.15) is 27.3 Å². The Hall–Kier alpha value is -2.95. The summed E-state index contributed by atoms with van der Waals surface area (Å²) >= 11 is 0. The van der Waals surface area contributed by atoms with E-state index in [4.69, 9.17) is 0 Å². The number of hydrogen-bond acceptors (Lipinski definition) is 3. The minimum Gasteiger partial charge on any atom is -0.476 e. The van der Waals surface area contributed by atoms with Crippen molar-refractivity contribution in [1.29, 1.82) is 0 Å². The van der Waals surface area contributed by atoms with Crippen LogP contribution in [0.5, 0.6) is 0 Å². The fourth-order valence-electron chi connectivity index (χ4n) is 2.35. The molecule has 1 heterocycles. The smallest absolute Gasteiger partial charge is 0.358 e. The average molecular weight is 293 g/mol. The summed E-state index contributed by atoms with van der Waals surface area (Å²) < 4.78 is 1.66. The second kappa shape index (κ2) is 6.22. The molecule has 0 atom stereocenters. The zero-order valence-electron chi connectivity index (χ0n) is 11.9. The lowest BCUT2D eigenvalue weighted by molar-refractivity contribution is 0.0689. The fraction of sp³-hybridized carbons (Fsp3) is 0.118. The van der Waals surface area contributed by atoms with E-state index in [1.165, 1.54) is 0 Å². The van der Waals surface area contributed by atoms with E-state index in [9.17, 15) is 9.90 Å². The van der Waals surface area contributed by atoms with Crippen molar-refractivity contribution in [2.45, 2.75) is 13.0 Å². The molecule has 5 heteroatoms. The molecular formula is C17H15N3O2. The summed E-state index contributed by atoms with van der Waals surface area (Å²) in [5, 5.41) is 17.1. The number of hydrogen-bond donors (Lipinski definition) is 1. The second-order valence-electron chi connectivity index (χ2n) is 5.00. The van der Waals surface area contributed by atoms with Crippen molar-refractivity contribution in [2.24, 2.45) is 0 Å². The molecule has 3 rings (SSSR count). The monoisotopic (exact) mass is 293 g/mol. The van der Waals surface area contributed by atoms with E-state index in [1.54, 1.807) is 4.68 Å². The number of carboxylic acid groups (broad SMARTS) is 1. The maximum atomic E-state index is 11.4. The number of aromatic nitrogens is 3. The Morgan fingerprint density at radius 3 is 2.14 bits per heavy atom. The van der Waals surface area contributed by atoms with Gasteiger partial charge in [0.2, 0.25) is 0 Å². The van der Waals surface area contributed by atoms with Gasteiger partial charge in [-0.2, -0.15) is 0 Å². The predicted molar refractivity (Wildman–Crippen MR) is 81.8 cm³/mol. The molecule has 0 saturated heterocycles. The van der Waals surface area contributed by atoms with Crippen molar-refractivity contribution in [3.8, 4) is 0 Å². The highest BCUT2D eigenvalue weighted by atomic mass is 16.4. The lowest BCUT2D eigenvalue weighted by atomic mass is 10.1. The van der Waals surface area contributed by atoms with Gasteiger partial charge in [-0.1, -0.05) is 65.9 Å². The van der Waals surface area contributed by atoms with Gasteiger partial charge in [0.15, 0.2) is 5.69 Å². The zero-order chi connectivity index (χ0) is 15.4. The minimum atomic E-state index is -1.05. The van der Waals surface area contributed by atoms with Crippen LogP contribution in [0.4, 0.5) is 0 Å². The number of carbonyl (C=O) groups is 1. The molecule has 2 aromatic carbocycles. The van der Waals surface area contributed by atoms with Crippen LogP contribution in [0.15, 0.2) is 60.7 Å². The van der Waals surface area contributed by atoms with Crippen LogP contribution < -0.4 is 0 Å². The first-order valence-corrected chi connectivity index (χ1v) is 6.97. The van der Waals surface area contributed by atoms with Crippen LogP contribution in [0.3, 0.4) is 0 Å². The van der Waals surface area contributed by atoms with E-state index in [0.717, 1.165) is 11.1 Å². The average Bonchev–Trinajstić information content (AvgIpc) is 2.92. The van der Waals surface area contributed by atoms with Crippen LogP contribution >= 0.6 is 0 Å². The summed E-state index contributed by atoms with van der Waals surface area (Å²) in [6, 6.07) is 19.5. The second-order valence-corrected chi connectivity index (χ2v) is 5.00. The van der Waals surface area contributed by atoms with Crippen molar-refractivity contribution in [2.75, 3.05) is 0 Å². The van der Waals surface area contributed by atoms with Crippen LogP contribution in [-0.4, -0.2) is 26.1 Å². The van der Waals surface area contributed by atoms with E-state index in [-0.39, 0.29) is 5.69 Å². The van der Waals surface area contributed by atoms with Crippen molar-refractivity contribution in [3.63, 3.8) is 0 Å². The summed E-state index contributed by atoms with van der Waals surface area (Å²) in [5.41, 5.74) is 2.71. The van der Waals surface area contributed by atoms with Gasteiger partial charge in [0.25, 0.3) is 0 Å². The van der Waals surface area contributed by atoms with Crippen LogP contribution in [0, 0.1) is 0 Å². The van der Waals surface area contributed by atoms with E-state index in [2.05, 4.69) is 10.3 Å². The topological polar surface area (TPSA) is 68.0 Å². The molecule has 5 nitrogen and oxygen atoms in total. The number of carboxylic acids is 1. The van der Waals surface area contributed by atoms with Gasteiger partial charge >= 0.3 is 5.97 Å². The van der Waals surface area contributed by atoms with E-state index >= 15 is 0 Å². The Labute approximate surface area is 127 Å². The summed E-state index contributed by atoms with van der Waals surface area (Å²) in [4.78, 5) is 11.4.